The Hall–Kier alpha value is -2.67. The predicted molar refractivity (Wildman–Crippen MR) is 83.2 cm³/mol. The number of H-pyrrole nitrogens is 2. The molecule has 112 valence electrons. The third-order valence-electron chi connectivity index (χ3n) is 4.10. The molecule has 0 unspecified atom stereocenters. The Morgan fingerprint density at radius 2 is 2.32 bits per heavy atom. The minimum Gasteiger partial charge on any atom is -0.369 e. The monoisotopic (exact) mass is 296 g/mol. The molecule has 1 aliphatic rings. The second-order valence-electron chi connectivity index (χ2n) is 5.55. The minimum absolute atomic E-state index is 0.132. The van der Waals surface area contributed by atoms with Crippen LogP contribution in [0.3, 0.4) is 0 Å². The average molecular weight is 296 g/mol. The lowest BCUT2D eigenvalue weighted by molar-refractivity contribution is 0.243. The standard InChI is InChI=1S/C15H16N6O/c16-15-19-12-3-5-21(8-11(12)14(22)20-15)7-9-6-18-13-10(9)2-1-4-17-13/h1-2,4,6H,3,5,7-8H2,(H,17,18)(H3,16,19,20,22). The van der Waals surface area contributed by atoms with Crippen LogP contribution in [0.5, 0.6) is 0 Å². The van der Waals surface area contributed by atoms with Gasteiger partial charge in [0.25, 0.3) is 5.56 Å². The molecule has 0 fully saturated rings. The first-order valence-electron chi connectivity index (χ1n) is 7.21. The zero-order valence-electron chi connectivity index (χ0n) is 12.0. The highest BCUT2D eigenvalue weighted by Gasteiger charge is 2.21. The van der Waals surface area contributed by atoms with E-state index in [1.807, 2.05) is 12.3 Å². The van der Waals surface area contributed by atoms with Crippen molar-refractivity contribution in [3.05, 3.63) is 51.7 Å². The third kappa shape index (κ3) is 2.15. The molecule has 7 heteroatoms. The Bertz CT molecular complexity index is 896. The fourth-order valence-corrected chi connectivity index (χ4v) is 3.02. The molecule has 0 saturated carbocycles. The number of hydrogen-bond acceptors (Lipinski definition) is 5. The van der Waals surface area contributed by atoms with E-state index in [1.165, 1.54) is 5.56 Å². The van der Waals surface area contributed by atoms with Crippen LogP contribution in [0.25, 0.3) is 11.0 Å². The number of nitrogen functional groups attached to an aromatic ring is 1. The summed E-state index contributed by atoms with van der Waals surface area (Å²) in [5.74, 6) is 0.194. The van der Waals surface area contributed by atoms with Gasteiger partial charge < -0.3 is 10.7 Å². The van der Waals surface area contributed by atoms with Gasteiger partial charge >= 0.3 is 0 Å². The van der Waals surface area contributed by atoms with Crippen LogP contribution in [0.4, 0.5) is 5.95 Å². The van der Waals surface area contributed by atoms with Gasteiger partial charge in [-0.05, 0) is 17.7 Å². The summed E-state index contributed by atoms with van der Waals surface area (Å²) in [6.45, 7) is 2.22. The van der Waals surface area contributed by atoms with Gasteiger partial charge in [0.2, 0.25) is 5.95 Å². The Labute approximate surface area is 126 Å². The largest absolute Gasteiger partial charge is 0.369 e. The van der Waals surface area contributed by atoms with Crippen LogP contribution in [-0.2, 0) is 19.5 Å². The van der Waals surface area contributed by atoms with Crippen LogP contribution in [0, 0.1) is 0 Å². The maximum absolute atomic E-state index is 12.0. The maximum atomic E-state index is 12.0. The van der Waals surface area contributed by atoms with E-state index in [0.717, 1.165) is 41.8 Å². The third-order valence-corrected chi connectivity index (χ3v) is 4.10. The van der Waals surface area contributed by atoms with Crippen molar-refractivity contribution >= 4 is 17.0 Å². The molecule has 0 radical (unpaired) electrons. The summed E-state index contributed by atoms with van der Waals surface area (Å²) in [5.41, 5.74) is 9.08. The molecule has 3 aromatic rings. The fourth-order valence-electron chi connectivity index (χ4n) is 3.02. The van der Waals surface area contributed by atoms with Crippen molar-refractivity contribution < 1.29 is 0 Å². The second-order valence-corrected chi connectivity index (χ2v) is 5.55. The van der Waals surface area contributed by atoms with E-state index in [2.05, 4.69) is 30.9 Å². The Morgan fingerprint density at radius 1 is 1.41 bits per heavy atom. The summed E-state index contributed by atoms with van der Waals surface area (Å²) in [5, 5.41) is 1.12. The predicted octanol–water partition coefficient (Wildman–Crippen LogP) is 0.787. The average Bonchev–Trinajstić information content (AvgIpc) is 2.91. The fraction of sp³-hybridized carbons (Fsp3) is 0.267. The molecule has 0 aliphatic carbocycles. The van der Waals surface area contributed by atoms with Crippen LogP contribution >= 0.6 is 0 Å². The highest BCUT2D eigenvalue weighted by Crippen LogP contribution is 2.21. The van der Waals surface area contributed by atoms with Gasteiger partial charge in [-0.1, -0.05) is 0 Å². The molecular weight excluding hydrogens is 280 g/mol. The Kier molecular flexibility index (Phi) is 2.93. The van der Waals surface area contributed by atoms with Gasteiger partial charge in [0.1, 0.15) is 5.65 Å². The van der Waals surface area contributed by atoms with Crippen molar-refractivity contribution in [2.45, 2.75) is 19.5 Å². The quantitative estimate of drug-likeness (QED) is 0.648. The zero-order chi connectivity index (χ0) is 15.1. The van der Waals surface area contributed by atoms with Crippen LogP contribution in [0.15, 0.2) is 29.3 Å². The summed E-state index contributed by atoms with van der Waals surface area (Å²) < 4.78 is 0. The van der Waals surface area contributed by atoms with E-state index >= 15 is 0 Å². The number of fused-ring (bicyclic) bond motifs is 2. The first-order chi connectivity index (χ1) is 10.7. The van der Waals surface area contributed by atoms with Gasteiger partial charge in [0.15, 0.2) is 0 Å². The van der Waals surface area contributed by atoms with Gasteiger partial charge in [-0.25, -0.2) is 9.97 Å². The van der Waals surface area contributed by atoms with Gasteiger partial charge in [0.05, 0.1) is 11.3 Å². The van der Waals surface area contributed by atoms with E-state index in [-0.39, 0.29) is 11.5 Å². The maximum Gasteiger partial charge on any atom is 0.257 e. The molecule has 0 amide bonds. The lowest BCUT2D eigenvalue weighted by Gasteiger charge is -2.27. The highest BCUT2D eigenvalue weighted by molar-refractivity contribution is 5.79. The molecule has 4 heterocycles. The molecule has 4 rings (SSSR count). The van der Waals surface area contributed by atoms with Crippen molar-refractivity contribution in [1.29, 1.82) is 0 Å². The lowest BCUT2D eigenvalue weighted by atomic mass is 10.1. The molecule has 4 N–H and O–H groups in total. The van der Waals surface area contributed by atoms with Crippen LogP contribution in [0.2, 0.25) is 0 Å². The number of pyridine rings is 1. The molecule has 1 aliphatic heterocycles. The topological polar surface area (TPSA) is 104 Å². The van der Waals surface area contributed by atoms with E-state index < -0.39 is 0 Å². The molecule has 0 spiro atoms. The van der Waals surface area contributed by atoms with Gasteiger partial charge in [-0.3, -0.25) is 14.7 Å². The SMILES string of the molecule is Nc1nc2c(c(=O)[nH]1)CN(Cc1c[nH]c3ncccc13)CC2. The molecule has 0 aromatic carbocycles. The normalized spacial score (nSPS) is 15.1. The van der Waals surface area contributed by atoms with Gasteiger partial charge in [-0.15, -0.1) is 0 Å². The molecule has 0 bridgehead atoms. The number of nitrogens with zero attached hydrogens (tertiary/aromatic N) is 3. The van der Waals surface area contributed by atoms with Gasteiger partial charge in [-0.2, -0.15) is 0 Å². The first kappa shape index (κ1) is 13.0. The van der Waals surface area contributed by atoms with E-state index in [4.69, 9.17) is 5.73 Å². The van der Waals surface area contributed by atoms with Gasteiger partial charge in [0, 0.05) is 43.8 Å². The summed E-state index contributed by atoms with van der Waals surface area (Å²) in [6, 6.07) is 3.99. The number of aromatic nitrogens is 4. The zero-order valence-corrected chi connectivity index (χ0v) is 12.0. The number of rotatable bonds is 2. The van der Waals surface area contributed by atoms with Crippen molar-refractivity contribution in [3.63, 3.8) is 0 Å². The number of nitrogens with one attached hydrogen (secondary N) is 2. The highest BCUT2D eigenvalue weighted by atomic mass is 16.1. The van der Waals surface area contributed by atoms with Crippen molar-refractivity contribution in [2.75, 3.05) is 12.3 Å². The van der Waals surface area contributed by atoms with Crippen LogP contribution in [-0.4, -0.2) is 31.4 Å². The van der Waals surface area contributed by atoms with E-state index in [0.29, 0.717) is 6.54 Å². The Morgan fingerprint density at radius 3 is 3.23 bits per heavy atom. The minimum atomic E-state index is -0.132. The second kappa shape index (κ2) is 4.96. The van der Waals surface area contributed by atoms with Crippen LogP contribution < -0.4 is 11.3 Å². The van der Waals surface area contributed by atoms with Crippen molar-refractivity contribution in [1.82, 2.24) is 24.8 Å². The smallest absolute Gasteiger partial charge is 0.257 e. The summed E-state index contributed by atoms with van der Waals surface area (Å²) >= 11 is 0. The first-order valence-corrected chi connectivity index (χ1v) is 7.21. The summed E-state index contributed by atoms with van der Waals surface area (Å²) in [6.07, 6.45) is 4.50. The summed E-state index contributed by atoms with van der Waals surface area (Å²) in [4.78, 5) is 28.6. The number of anilines is 1. The van der Waals surface area contributed by atoms with Crippen LogP contribution in [0.1, 0.15) is 16.8 Å². The molecule has 3 aromatic heterocycles. The van der Waals surface area contributed by atoms with E-state index in [9.17, 15) is 4.79 Å². The number of nitrogens with two attached hydrogens (primary N) is 1. The molecule has 0 atom stereocenters. The molecule has 7 nitrogen and oxygen atoms in total. The number of aromatic amines is 2. The molecule has 0 saturated heterocycles. The lowest BCUT2D eigenvalue weighted by Crippen LogP contribution is -2.35. The summed E-state index contributed by atoms with van der Waals surface area (Å²) in [7, 11) is 0. The Balaban J connectivity index is 1.62. The molecular formula is C15H16N6O. The molecule has 22 heavy (non-hydrogen) atoms. The van der Waals surface area contributed by atoms with Crippen molar-refractivity contribution in [3.8, 4) is 0 Å². The van der Waals surface area contributed by atoms with Crippen molar-refractivity contribution in [2.24, 2.45) is 0 Å². The number of hydrogen-bond donors (Lipinski definition) is 3. The van der Waals surface area contributed by atoms with E-state index in [1.54, 1.807) is 6.20 Å².